The minimum Gasteiger partial charge on any atom is -0.348 e. The molecule has 7 heteroatoms. The molecule has 128 valence electrons. The fourth-order valence-electron chi connectivity index (χ4n) is 2.45. The lowest BCUT2D eigenvalue weighted by atomic mass is 10.3. The van der Waals surface area contributed by atoms with Crippen molar-refractivity contribution in [1.29, 1.82) is 0 Å². The lowest BCUT2D eigenvalue weighted by Crippen LogP contribution is -2.30. The van der Waals surface area contributed by atoms with Crippen molar-refractivity contribution in [2.75, 3.05) is 5.32 Å². The van der Waals surface area contributed by atoms with Crippen LogP contribution in [0, 0.1) is 5.82 Å². The van der Waals surface area contributed by atoms with Crippen LogP contribution in [-0.2, 0) is 0 Å². The molecule has 0 atom stereocenters. The summed E-state index contributed by atoms with van der Waals surface area (Å²) in [5.41, 5.74) is 0.995. The molecule has 3 aromatic rings. The molecule has 0 spiro atoms. The number of carbonyl (C=O) groups is 2. The summed E-state index contributed by atoms with van der Waals surface area (Å²) in [5, 5.41) is 5.35. The van der Waals surface area contributed by atoms with Crippen molar-refractivity contribution >= 4 is 23.0 Å². The van der Waals surface area contributed by atoms with E-state index < -0.39 is 11.7 Å². The lowest BCUT2D eigenvalue weighted by Gasteiger charge is -2.06. The van der Waals surface area contributed by atoms with Gasteiger partial charge in [0.2, 0.25) is 5.82 Å². The number of imidazole rings is 1. The Morgan fingerprint density at radius 3 is 2.64 bits per heavy atom. The van der Waals surface area contributed by atoms with Gasteiger partial charge < -0.3 is 10.6 Å². The molecule has 0 aliphatic carbocycles. The van der Waals surface area contributed by atoms with Crippen molar-refractivity contribution in [2.24, 2.45) is 0 Å². The van der Waals surface area contributed by atoms with Crippen molar-refractivity contribution in [2.45, 2.75) is 19.9 Å². The fourth-order valence-corrected chi connectivity index (χ4v) is 2.45. The Morgan fingerprint density at radius 1 is 1.12 bits per heavy atom. The summed E-state index contributed by atoms with van der Waals surface area (Å²) >= 11 is 0. The highest BCUT2D eigenvalue weighted by molar-refractivity contribution is 6.06. The number of hydrogen-bond acceptors (Lipinski definition) is 3. The normalized spacial score (nSPS) is 10.9. The van der Waals surface area contributed by atoms with Crippen LogP contribution in [0.15, 0.2) is 48.7 Å². The quantitative estimate of drug-likeness (QED) is 0.767. The number of halogens is 1. The van der Waals surface area contributed by atoms with E-state index in [2.05, 4.69) is 15.6 Å². The number of nitrogens with one attached hydrogen (secondary N) is 2. The third-order valence-corrected chi connectivity index (χ3v) is 3.47. The molecule has 0 fully saturated rings. The molecule has 0 saturated carbocycles. The van der Waals surface area contributed by atoms with E-state index in [1.54, 1.807) is 30.5 Å². The van der Waals surface area contributed by atoms with E-state index in [0.29, 0.717) is 11.2 Å². The number of carbonyl (C=O) groups excluding carboxylic acids is 2. The summed E-state index contributed by atoms with van der Waals surface area (Å²) in [6.07, 6.45) is 1.65. The summed E-state index contributed by atoms with van der Waals surface area (Å²) in [6.45, 7) is 3.68. The van der Waals surface area contributed by atoms with Crippen LogP contribution >= 0.6 is 0 Å². The van der Waals surface area contributed by atoms with Gasteiger partial charge in [-0.1, -0.05) is 12.1 Å². The molecule has 0 radical (unpaired) electrons. The van der Waals surface area contributed by atoms with Crippen molar-refractivity contribution < 1.29 is 14.0 Å². The number of anilines is 1. The van der Waals surface area contributed by atoms with E-state index in [1.165, 1.54) is 22.6 Å². The Balaban J connectivity index is 1.98. The highest BCUT2D eigenvalue weighted by Crippen LogP contribution is 2.16. The minimum absolute atomic E-state index is 0.0498. The smallest absolute Gasteiger partial charge is 0.292 e. The Bertz CT molecular complexity index is 949. The zero-order valence-corrected chi connectivity index (χ0v) is 13.8. The maximum atomic E-state index is 13.3. The standard InChI is InChI=1S/C18H17FN4O2/c1-11(2)20-17(24)15-14-8-3-4-9-23(14)16(22-15)18(25)21-13-7-5-6-12(19)10-13/h3-11H,1-2H3,(H,20,24)(H,21,25). The van der Waals surface area contributed by atoms with Crippen LogP contribution < -0.4 is 10.6 Å². The number of nitrogens with zero attached hydrogens (tertiary/aromatic N) is 2. The topological polar surface area (TPSA) is 75.5 Å². The number of benzene rings is 1. The molecular formula is C18H17FN4O2. The predicted molar refractivity (Wildman–Crippen MR) is 92.1 cm³/mol. The number of rotatable bonds is 4. The highest BCUT2D eigenvalue weighted by atomic mass is 19.1. The highest BCUT2D eigenvalue weighted by Gasteiger charge is 2.21. The summed E-state index contributed by atoms with van der Waals surface area (Å²) < 4.78 is 14.8. The van der Waals surface area contributed by atoms with Crippen molar-refractivity contribution in [3.63, 3.8) is 0 Å². The van der Waals surface area contributed by atoms with Crippen LogP contribution in [0.1, 0.15) is 35.0 Å². The molecule has 3 rings (SSSR count). The molecule has 6 nitrogen and oxygen atoms in total. The van der Waals surface area contributed by atoms with Crippen LogP contribution in [0.25, 0.3) is 5.52 Å². The first-order valence-corrected chi connectivity index (χ1v) is 7.80. The second-order valence-corrected chi connectivity index (χ2v) is 5.83. The van der Waals surface area contributed by atoms with Gasteiger partial charge in [-0.25, -0.2) is 9.37 Å². The Kier molecular flexibility index (Phi) is 4.47. The molecule has 0 aliphatic rings. The zero-order chi connectivity index (χ0) is 18.0. The predicted octanol–water partition coefficient (Wildman–Crippen LogP) is 2.86. The number of hydrogen-bond donors (Lipinski definition) is 2. The summed E-state index contributed by atoms with van der Waals surface area (Å²) in [4.78, 5) is 29.1. The fraction of sp³-hybridized carbons (Fsp3) is 0.167. The lowest BCUT2D eigenvalue weighted by molar-refractivity contribution is 0.0940. The van der Waals surface area contributed by atoms with Crippen molar-refractivity contribution in [3.8, 4) is 0 Å². The number of amides is 2. The molecule has 2 aromatic heterocycles. The van der Waals surface area contributed by atoms with Gasteiger partial charge in [0, 0.05) is 17.9 Å². The summed E-state index contributed by atoms with van der Waals surface area (Å²) in [5.74, 6) is -1.30. The van der Waals surface area contributed by atoms with Gasteiger partial charge in [0.15, 0.2) is 5.69 Å². The Morgan fingerprint density at radius 2 is 1.92 bits per heavy atom. The maximum absolute atomic E-state index is 13.3. The third kappa shape index (κ3) is 3.50. The summed E-state index contributed by atoms with van der Waals surface area (Å²) in [7, 11) is 0. The van der Waals surface area contributed by atoms with E-state index in [1.807, 2.05) is 13.8 Å². The van der Waals surface area contributed by atoms with Gasteiger partial charge in [-0.05, 0) is 44.2 Å². The van der Waals surface area contributed by atoms with Crippen LogP contribution in [0.4, 0.5) is 10.1 Å². The average molecular weight is 340 g/mol. The van der Waals surface area contributed by atoms with Crippen LogP contribution in [-0.4, -0.2) is 27.2 Å². The Hall–Kier alpha value is -3.22. The van der Waals surface area contributed by atoms with Gasteiger partial charge in [-0.2, -0.15) is 0 Å². The number of aromatic nitrogens is 2. The maximum Gasteiger partial charge on any atom is 0.292 e. The molecule has 2 N–H and O–H groups in total. The molecule has 25 heavy (non-hydrogen) atoms. The van der Waals surface area contributed by atoms with Crippen molar-refractivity contribution in [1.82, 2.24) is 14.7 Å². The first-order valence-electron chi connectivity index (χ1n) is 7.80. The van der Waals surface area contributed by atoms with E-state index in [9.17, 15) is 14.0 Å². The molecule has 1 aromatic carbocycles. The van der Waals surface area contributed by atoms with Gasteiger partial charge in [-0.3, -0.25) is 14.0 Å². The van der Waals surface area contributed by atoms with E-state index >= 15 is 0 Å². The molecule has 2 heterocycles. The second kappa shape index (κ2) is 6.72. The summed E-state index contributed by atoms with van der Waals surface area (Å²) in [6, 6.07) is 10.7. The molecule has 0 unspecified atom stereocenters. The number of fused-ring (bicyclic) bond motifs is 1. The largest absolute Gasteiger partial charge is 0.348 e. The third-order valence-electron chi connectivity index (χ3n) is 3.47. The van der Waals surface area contributed by atoms with Crippen molar-refractivity contribution in [3.05, 3.63) is 66.0 Å². The van der Waals surface area contributed by atoms with Crippen LogP contribution in [0.2, 0.25) is 0 Å². The molecular weight excluding hydrogens is 323 g/mol. The minimum atomic E-state index is -0.532. The van der Waals surface area contributed by atoms with Gasteiger partial charge in [0.05, 0.1) is 5.52 Å². The SMILES string of the molecule is CC(C)NC(=O)c1nc(C(=O)Nc2cccc(F)c2)n2ccccc12. The first-order chi connectivity index (χ1) is 12.0. The van der Waals surface area contributed by atoms with Gasteiger partial charge in [0.1, 0.15) is 5.82 Å². The molecule has 0 bridgehead atoms. The van der Waals surface area contributed by atoms with Gasteiger partial charge in [0.25, 0.3) is 11.8 Å². The average Bonchev–Trinajstić information content (AvgIpc) is 2.94. The number of pyridine rings is 1. The molecule has 0 saturated heterocycles. The zero-order valence-electron chi connectivity index (χ0n) is 13.8. The molecule has 0 aliphatic heterocycles. The van der Waals surface area contributed by atoms with Crippen LogP contribution in [0.5, 0.6) is 0 Å². The second-order valence-electron chi connectivity index (χ2n) is 5.83. The van der Waals surface area contributed by atoms with Crippen LogP contribution in [0.3, 0.4) is 0 Å². The van der Waals surface area contributed by atoms with E-state index in [4.69, 9.17) is 0 Å². The van der Waals surface area contributed by atoms with Gasteiger partial charge in [-0.15, -0.1) is 0 Å². The first kappa shape index (κ1) is 16.6. The Labute approximate surface area is 143 Å². The monoisotopic (exact) mass is 340 g/mol. The van der Waals surface area contributed by atoms with E-state index in [0.717, 1.165) is 0 Å². The van der Waals surface area contributed by atoms with Gasteiger partial charge >= 0.3 is 0 Å². The van der Waals surface area contributed by atoms with E-state index in [-0.39, 0.29) is 23.5 Å². The molecule has 2 amide bonds.